The molecular formula is C36H37ClF4N6O3. The standard InChI is InChI=1S/C36H37ClF4N6O3/c1-35(2,3)13-15-44-34(42)47(31(48)23-9-7-22(8-10-23)26-19-45-46(20-26)33(38)39)30(21-50-32(49)25-17-36(40,41)18-25)24-11-12-28(37)27(16-24)29-6-4-5-14-43-29/h4-12,14,16,19-20,25,30,33H,13,15,17-18,21H2,1-3H3,(H2,42,44)/t30-/m1/s1. The minimum atomic E-state index is -2.94. The third kappa shape index (κ3) is 8.87. The topological polar surface area (TPSA) is 113 Å². The van der Waals surface area contributed by atoms with Gasteiger partial charge >= 0.3 is 12.5 Å². The van der Waals surface area contributed by atoms with E-state index in [9.17, 15) is 27.2 Å². The van der Waals surface area contributed by atoms with Gasteiger partial charge in [0.25, 0.3) is 5.91 Å². The van der Waals surface area contributed by atoms with Gasteiger partial charge in [0.1, 0.15) is 6.61 Å². The molecule has 2 heterocycles. The van der Waals surface area contributed by atoms with Crippen molar-refractivity contribution in [3.63, 3.8) is 0 Å². The summed E-state index contributed by atoms with van der Waals surface area (Å²) in [5.41, 5.74) is 2.48. The number of rotatable bonds is 11. The van der Waals surface area contributed by atoms with Crippen LogP contribution in [0.3, 0.4) is 0 Å². The predicted octanol–water partition coefficient (Wildman–Crippen LogP) is 8.39. The molecule has 0 saturated heterocycles. The zero-order valence-electron chi connectivity index (χ0n) is 27.7. The van der Waals surface area contributed by atoms with Crippen LogP contribution in [0.15, 0.2) is 79.3 Å². The first kappa shape index (κ1) is 36.5. The van der Waals surface area contributed by atoms with Gasteiger partial charge in [-0.1, -0.05) is 56.6 Å². The number of nitrogens with one attached hydrogen (secondary N) is 2. The van der Waals surface area contributed by atoms with Crippen LogP contribution >= 0.6 is 11.6 Å². The Hall–Kier alpha value is -4.78. The van der Waals surface area contributed by atoms with Crippen molar-refractivity contribution in [3.05, 3.63) is 95.4 Å². The zero-order valence-corrected chi connectivity index (χ0v) is 28.4. The highest BCUT2D eigenvalue weighted by Crippen LogP contribution is 2.43. The average Bonchev–Trinajstić information content (AvgIpc) is 3.56. The van der Waals surface area contributed by atoms with E-state index in [0.717, 1.165) is 4.90 Å². The van der Waals surface area contributed by atoms with Gasteiger partial charge in [-0.25, -0.2) is 13.5 Å². The number of halogens is 5. The van der Waals surface area contributed by atoms with Crippen LogP contribution in [0.5, 0.6) is 0 Å². The summed E-state index contributed by atoms with van der Waals surface area (Å²) in [5, 5.41) is 16.1. The molecule has 14 heteroatoms. The Labute approximate surface area is 292 Å². The van der Waals surface area contributed by atoms with Gasteiger partial charge in [-0.2, -0.15) is 13.9 Å². The lowest BCUT2D eigenvalue weighted by Gasteiger charge is -2.35. The second-order valence-corrected chi connectivity index (χ2v) is 13.8. The van der Waals surface area contributed by atoms with E-state index >= 15 is 0 Å². The van der Waals surface area contributed by atoms with E-state index in [2.05, 4.69) is 15.4 Å². The molecule has 1 saturated carbocycles. The molecule has 1 aliphatic carbocycles. The van der Waals surface area contributed by atoms with Crippen molar-refractivity contribution in [1.29, 1.82) is 5.41 Å². The Kier molecular flexibility index (Phi) is 10.9. The molecule has 0 aliphatic heterocycles. The van der Waals surface area contributed by atoms with E-state index < -0.39 is 55.8 Å². The van der Waals surface area contributed by atoms with Crippen molar-refractivity contribution in [1.82, 2.24) is 25.0 Å². The number of alkyl halides is 4. The minimum absolute atomic E-state index is 0.0936. The van der Waals surface area contributed by atoms with E-state index in [-0.39, 0.29) is 16.9 Å². The maximum absolute atomic E-state index is 14.4. The SMILES string of the molecule is CC(C)(C)CCNC(=N)N(C(=O)c1ccc(-c2cnn(C(F)F)c2)cc1)[C@H](COC(=O)C1CC(F)(F)C1)c1ccc(Cl)c(-c2ccccn2)c1. The van der Waals surface area contributed by atoms with E-state index in [4.69, 9.17) is 21.7 Å². The molecule has 264 valence electrons. The Morgan fingerprint density at radius 3 is 2.42 bits per heavy atom. The number of carbonyl (C=O) groups excluding carboxylic acids is 2. The third-order valence-electron chi connectivity index (χ3n) is 8.33. The number of hydrogen-bond acceptors (Lipinski definition) is 6. The number of guanidine groups is 1. The number of esters is 1. The van der Waals surface area contributed by atoms with Gasteiger partial charge in [0, 0.05) is 53.5 Å². The van der Waals surface area contributed by atoms with E-state index in [1.165, 1.54) is 24.5 Å². The van der Waals surface area contributed by atoms with Crippen molar-refractivity contribution in [3.8, 4) is 22.4 Å². The zero-order chi connectivity index (χ0) is 36.2. The lowest BCUT2D eigenvalue weighted by molar-refractivity contribution is -0.172. The first-order valence-corrected chi connectivity index (χ1v) is 16.3. The summed E-state index contributed by atoms with van der Waals surface area (Å²) < 4.78 is 59.5. The molecule has 2 aromatic heterocycles. The first-order valence-electron chi connectivity index (χ1n) is 16.0. The largest absolute Gasteiger partial charge is 0.463 e. The maximum Gasteiger partial charge on any atom is 0.333 e. The van der Waals surface area contributed by atoms with Crippen LogP contribution < -0.4 is 5.32 Å². The third-order valence-corrected chi connectivity index (χ3v) is 8.66. The van der Waals surface area contributed by atoms with Crippen LogP contribution in [0.25, 0.3) is 22.4 Å². The van der Waals surface area contributed by atoms with Crippen LogP contribution in [0.2, 0.25) is 5.02 Å². The molecule has 50 heavy (non-hydrogen) atoms. The van der Waals surface area contributed by atoms with Crippen molar-refractivity contribution in [2.75, 3.05) is 13.2 Å². The Morgan fingerprint density at radius 1 is 1.10 bits per heavy atom. The lowest BCUT2D eigenvalue weighted by atomic mass is 9.81. The molecule has 9 nitrogen and oxygen atoms in total. The maximum atomic E-state index is 14.4. The van der Waals surface area contributed by atoms with Crippen LogP contribution in [-0.4, -0.2) is 56.6 Å². The molecule has 1 aliphatic rings. The number of aromatic nitrogens is 3. The van der Waals surface area contributed by atoms with Crippen molar-refractivity contribution < 1.29 is 31.9 Å². The fourth-order valence-electron chi connectivity index (χ4n) is 5.47. The van der Waals surface area contributed by atoms with Crippen LogP contribution in [0, 0.1) is 16.7 Å². The molecule has 5 rings (SSSR count). The fraction of sp³-hybridized carbons (Fsp3) is 0.361. The monoisotopic (exact) mass is 712 g/mol. The predicted molar refractivity (Wildman–Crippen MR) is 181 cm³/mol. The molecule has 2 N–H and O–H groups in total. The summed E-state index contributed by atoms with van der Waals surface area (Å²) in [6, 6.07) is 15.2. The van der Waals surface area contributed by atoms with E-state index in [1.807, 2.05) is 20.8 Å². The molecule has 1 fully saturated rings. The van der Waals surface area contributed by atoms with Gasteiger partial charge in [0.05, 0.1) is 23.9 Å². The number of amides is 1. The second-order valence-electron chi connectivity index (χ2n) is 13.4. The first-order chi connectivity index (χ1) is 23.6. The number of ether oxygens (including phenoxy) is 1. The van der Waals surface area contributed by atoms with Crippen LogP contribution in [0.4, 0.5) is 17.6 Å². The molecule has 0 radical (unpaired) electrons. The number of carbonyl (C=O) groups is 2. The van der Waals surface area contributed by atoms with Gasteiger partial charge in [0.2, 0.25) is 5.92 Å². The van der Waals surface area contributed by atoms with Gasteiger partial charge < -0.3 is 10.1 Å². The highest BCUT2D eigenvalue weighted by molar-refractivity contribution is 6.33. The number of hydrogen-bond donors (Lipinski definition) is 2. The summed E-state index contributed by atoms with van der Waals surface area (Å²) in [5.74, 6) is -5.68. The molecule has 2 aromatic carbocycles. The highest BCUT2D eigenvalue weighted by atomic mass is 35.5. The second kappa shape index (κ2) is 15.0. The summed E-state index contributed by atoms with van der Waals surface area (Å²) in [4.78, 5) is 32.9. The lowest BCUT2D eigenvalue weighted by Crippen LogP contribution is -2.49. The summed E-state index contributed by atoms with van der Waals surface area (Å²) >= 11 is 6.57. The van der Waals surface area contributed by atoms with Crippen molar-refractivity contribution in [2.24, 2.45) is 11.3 Å². The Bertz CT molecular complexity index is 1820. The Balaban J connectivity index is 1.53. The van der Waals surface area contributed by atoms with E-state index in [1.54, 1.807) is 54.7 Å². The smallest absolute Gasteiger partial charge is 0.333 e. The van der Waals surface area contributed by atoms with Crippen molar-refractivity contribution >= 4 is 29.4 Å². The quantitative estimate of drug-likeness (QED) is 0.0699. The normalized spacial score (nSPS) is 14.9. The van der Waals surface area contributed by atoms with Crippen LogP contribution in [0.1, 0.15) is 68.5 Å². The van der Waals surface area contributed by atoms with Gasteiger partial charge in [-0.15, -0.1) is 0 Å². The molecule has 1 atom stereocenters. The molecule has 0 unspecified atom stereocenters. The number of pyridine rings is 1. The van der Waals surface area contributed by atoms with Crippen LogP contribution in [-0.2, 0) is 9.53 Å². The summed E-state index contributed by atoms with van der Waals surface area (Å²) in [6.45, 7) is 3.17. The molecular weight excluding hydrogens is 676 g/mol. The van der Waals surface area contributed by atoms with Gasteiger partial charge in [-0.05, 0) is 59.4 Å². The minimum Gasteiger partial charge on any atom is -0.463 e. The Morgan fingerprint density at radius 2 is 1.82 bits per heavy atom. The van der Waals surface area contributed by atoms with E-state index in [0.29, 0.717) is 50.6 Å². The molecule has 0 spiro atoms. The number of nitrogens with zero attached hydrogens (tertiary/aromatic N) is 4. The molecule has 1 amide bonds. The highest BCUT2D eigenvalue weighted by Gasteiger charge is 2.49. The van der Waals surface area contributed by atoms with Gasteiger partial charge in [0.15, 0.2) is 5.96 Å². The number of benzene rings is 2. The van der Waals surface area contributed by atoms with Gasteiger partial charge in [-0.3, -0.25) is 24.9 Å². The molecule has 4 aromatic rings. The summed E-state index contributed by atoms with van der Waals surface area (Å²) in [7, 11) is 0. The molecule has 0 bridgehead atoms. The average molecular weight is 713 g/mol. The summed E-state index contributed by atoms with van der Waals surface area (Å²) in [6.07, 6.45) is 3.46. The fourth-order valence-corrected chi connectivity index (χ4v) is 5.69. The van der Waals surface area contributed by atoms with Crippen molar-refractivity contribution in [2.45, 2.75) is 58.5 Å².